The first-order chi connectivity index (χ1) is 8.06. The average molecular weight is 234 g/mol. The second-order valence-corrected chi connectivity index (χ2v) is 4.42. The molecule has 0 radical (unpaired) electrons. The van der Waals surface area contributed by atoms with Crippen LogP contribution in [0.25, 0.3) is 0 Å². The van der Waals surface area contributed by atoms with Gasteiger partial charge in [-0.25, -0.2) is 0 Å². The molecular weight excluding hydrogens is 220 g/mol. The molecule has 1 heterocycles. The summed E-state index contributed by atoms with van der Waals surface area (Å²) in [6, 6.07) is 3.29. The standard InChI is InChI=1S/C12H14N2O3/c1-7-4-10(7)12(17)14-9-3-2-8(13-6-9)5-11(15)16/h2-3,6-7,10H,4-5H2,1H3,(H,14,17)(H,15,16). The van der Waals surface area contributed by atoms with Crippen LogP contribution in [0.4, 0.5) is 5.69 Å². The van der Waals surface area contributed by atoms with Crippen molar-refractivity contribution in [3.8, 4) is 0 Å². The van der Waals surface area contributed by atoms with Crippen LogP contribution in [0.1, 0.15) is 19.0 Å². The Hall–Kier alpha value is -1.91. The van der Waals surface area contributed by atoms with Gasteiger partial charge in [-0.05, 0) is 24.5 Å². The Morgan fingerprint density at radius 1 is 1.53 bits per heavy atom. The number of hydrogen-bond donors (Lipinski definition) is 2. The molecule has 2 atom stereocenters. The van der Waals surface area contributed by atoms with Gasteiger partial charge in [0, 0.05) is 5.92 Å². The molecular formula is C12H14N2O3. The number of carboxylic acid groups (broad SMARTS) is 1. The van der Waals surface area contributed by atoms with Gasteiger partial charge in [0.15, 0.2) is 0 Å². The highest BCUT2D eigenvalue weighted by Crippen LogP contribution is 2.38. The molecule has 1 amide bonds. The van der Waals surface area contributed by atoms with Crippen LogP contribution in [-0.2, 0) is 16.0 Å². The molecule has 0 saturated heterocycles. The van der Waals surface area contributed by atoms with Crippen molar-refractivity contribution in [1.82, 2.24) is 4.98 Å². The number of carboxylic acids is 1. The number of carbonyl (C=O) groups excluding carboxylic acids is 1. The van der Waals surface area contributed by atoms with Crippen molar-refractivity contribution >= 4 is 17.6 Å². The first-order valence-electron chi connectivity index (χ1n) is 5.54. The number of nitrogens with zero attached hydrogens (tertiary/aromatic N) is 1. The lowest BCUT2D eigenvalue weighted by atomic mass is 10.2. The van der Waals surface area contributed by atoms with Crippen LogP contribution in [0.2, 0.25) is 0 Å². The summed E-state index contributed by atoms with van der Waals surface area (Å²) < 4.78 is 0. The van der Waals surface area contributed by atoms with Gasteiger partial charge in [-0.15, -0.1) is 0 Å². The number of pyridine rings is 1. The molecule has 2 unspecified atom stereocenters. The Balaban J connectivity index is 1.93. The lowest BCUT2D eigenvalue weighted by Crippen LogP contribution is -2.14. The number of aromatic nitrogens is 1. The van der Waals surface area contributed by atoms with E-state index in [1.807, 2.05) is 6.92 Å². The van der Waals surface area contributed by atoms with E-state index in [1.54, 1.807) is 12.1 Å². The van der Waals surface area contributed by atoms with E-state index in [1.165, 1.54) is 6.20 Å². The van der Waals surface area contributed by atoms with Gasteiger partial charge in [0.25, 0.3) is 0 Å². The van der Waals surface area contributed by atoms with Crippen LogP contribution >= 0.6 is 0 Å². The van der Waals surface area contributed by atoms with Gasteiger partial charge in [-0.1, -0.05) is 6.92 Å². The van der Waals surface area contributed by atoms with E-state index < -0.39 is 5.97 Å². The Kier molecular flexibility index (Phi) is 3.08. The first-order valence-corrected chi connectivity index (χ1v) is 5.54. The topological polar surface area (TPSA) is 79.3 Å². The molecule has 1 saturated carbocycles. The van der Waals surface area contributed by atoms with Crippen molar-refractivity contribution in [2.75, 3.05) is 5.32 Å². The van der Waals surface area contributed by atoms with Crippen LogP contribution in [0, 0.1) is 11.8 Å². The summed E-state index contributed by atoms with van der Waals surface area (Å²) in [6.07, 6.45) is 2.33. The molecule has 1 aliphatic rings. The molecule has 1 aromatic rings. The smallest absolute Gasteiger partial charge is 0.309 e. The number of aliphatic carboxylic acids is 1. The van der Waals surface area contributed by atoms with Crippen molar-refractivity contribution < 1.29 is 14.7 Å². The van der Waals surface area contributed by atoms with Gasteiger partial charge < -0.3 is 10.4 Å². The molecule has 0 aromatic carbocycles. The molecule has 5 heteroatoms. The van der Waals surface area contributed by atoms with Crippen LogP contribution in [0.3, 0.4) is 0 Å². The fourth-order valence-electron chi connectivity index (χ4n) is 1.68. The Labute approximate surface area is 98.9 Å². The summed E-state index contributed by atoms with van der Waals surface area (Å²) in [6.45, 7) is 2.04. The fraction of sp³-hybridized carbons (Fsp3) is 0.417. The quantitative estimate of drug-likeness (QED) is 0.823. The van der Waals surface area contributed by atoms with E-state index in [0.29, 0.717) is 17.3 Å². The molecule has 1 aromatic heterocycles. The Morgan fingerprint density at radius 3 is 2.71 bits per heavy atom. The van der Waals surface area contributed by atoms with Crippen LogP contribution < -0.4 is 5.32 Å². The average Bonchev–Trinajstić information content (AvgIpc) is 2.98. The molecule has 90 valence electrons. The van der Waals surface area contributed by atoms with Crippen LogP contribution in [0.5, 0.6) is 0 Å². The molecule has 2 rings (SSSR count). The number of carbonyl (C=O) groups is 2. The van der Waals surface area contributed by atoms with Gasteiger partial charge in [0.05, 0.1) is 24.0 Å². The zero-order chi connectivity index (χ0) is 12.4. The highest BCUT2D eigenvalue weighted by molar-refractivity contribution is 5.94. The summed E-state index contributed by atoms with van der Waals surface area (Å²) in [5.41, 5.74) is 1.10. The molecule has 1 aliphatic carbocycles. The van der Waals surface area contributed by atoms with Crippen molar-refractivity contribution in [2.24, 2.45) is 11.8 Å². The normalized spacial score (nSPS) is 21.9. The van der Waals surface area contributed by atoms with Gasteiger partial charge in [-0.3, -0.25) is 14.6 Å². The van der Waals surface area contributed by atoms with Crippen molar-refractivity contribution in [2.45, 2.75) is 19.8 Å². The minimum atomic E-state index is -0.916. The fourth-order valence-corrected chi connectivity index (χ4v) is 1.68. The molecule has 0 spiro atoms. The second-order valence-electron chi connectivity index (χ2n) is 4.42. The summed E-state index contributed by atoms with van der Waals surface area (Å²) >= 11 is 0. The van der Waals surface area contributed by atoms with E-state index in [9.17, 15) is 9.59 Å². The molecule has 0 aliphatic heterocycles. The van der Waals surface area contributed by atoms with Crippen LogP contribution in [0.15, 0.2) is 18.3 Å². The third-order valence-electron chi connectivity index (χ3n) is 2.87. The zero-order valence-electron chi connectivity index (χ0n) is 9.51. The molecule has 17 heavy (non-hydrogen) atoms. The monoisotopic (exact) mass is 234 g/mol. The van der Waals surface area contributed by atoms with Gasteiger partial charge in [0.2, 0.25) is 5.91 Å². The van der Waals surface area contributed by atoms with E-state index >= 15 is 0 Å². The maximum atomic E-state index is 11.6. The van der Waals surface area contributed by atoms with E-state index in [-0.39, 0.29) is 18.2 Å². The third-order valence-corrected chi connectivity index (χ3v) is 2.87. The first kappa shape index (κ1) is 11.6. The van der Waals surface area contributed by atoms with Gasteiger partial charge in [0.1, 0.15) is 0 Å². The number of amides is 1. The second kappa shape index (κ2) is 4.53. The Morgan fingerprint density at radius 2 is 2.24 bits per heavy atom. The van der Waals surface area contributed by atoms with Crippen molar-refractivity contribution in [1.29, 1.82) is 0 Å². The van der Waals surface area contributed by atoms with Crippen molar-refractivity contribution in [3.05, 3.63) is 24.0 Å². The number of rotatable bonds is 4. The Bertz CT molecular complexity index is 442. The minimum absolute atomic E-state index is 0.0188. The van der Waals surface area contributed by atoms with Crippen LogP contribution in [-0.4, -0.2) is 22.0 Å². The van der Waals surface area contributed by atoms with Crippen molar-refractivity contribution in [3.63, 3.8) is 0 Å². The third kappa shape index (κ3) is 3.03. The predicted octanol–water partition coefficient (Wildman–Crippen LogP) is 1.30. The largest absolute Gasteiger partial charge is 0.481 e. The van der Waals surface area contributed by atoms with E-state index in [4.69, 9.17) is 5.11 Å². The summed E-state index contributed by atoms with van der Waals surface area (Å²) in [7, 11) is 0. The molecule has 2 N–H and O–H groups in total. The minimum Gasteiger partial charge on any atom is -0.481 e. The van der Waals surface area contributed by atoms with E-state index in [0.717, 1.165) is 6.42 Å². The lowest BCUT2D eigenvalue weighted by Gasteiger charge is -2.04. The van der Waals surface area contributed by atoms with Gasteiger partial charge in [-0.2, -0.15) is 0 Å². The van der Waals surface area contributed by atoms with E-state index in [2.05, 4.69) is 10.3 Å². The lowest BCUT2D eigenvalue weighted by molar-refractivity contribution is -0.136. The predicted molar refractivity (Wildman–Crippen MR) is 61.5 cm³/mol. The summed E-state index contributed by atoms with van der Waals surface area (Å²) in [4.78, 5) is 26.0. The highest BCUT2D eigenvalue weighted by atomic mass is 16.4. The SMILES string of the molecule is CC1CC1C(=O)Nc1ccc(CC(=O)O)nc1. The molecule has 5 nitrogen and oxygen atoms in total. The van der Waals surface area contributed by atoms with Gasteiger partial charge >= 0.3 is 5.97 Å². The summed E-state index contributed by atoms with van der Waals surface area (Å²) in [5, 5.41) is 11.3. The zero-order valence-corrected chi connectivity index (χ0v) is 9.51. The maximum absolute atomic E-state index is 11.6. The number of nitrogens with one attached hydrogen (secondary N) is 1. The number of hydrogen-bond acceptors (Lipinski definition) is 3. The maximum Gasteiger partial charge on any atom is 0.309 e. The molecule has 0 bridgehead atoms. The molecule has 1 fully saturated rings. The highest BCUT2D eigenvalue weighted by Gasteiger charge is 2.39. The summed E-state index contributed by atoms with van der Waals surface area (Å²) in [5.74, 6) is -0.311. The number of anilines is 1.